The van der Waals surface area contributed by atoms with Gasteiger partial charge in [-0.15, -0.1) is 0 Å². The number of piperidine rings is 1. The summed E-state index contributed by atoms with van der Waals surface area (Å²) in [7, 11) is 0. The largest absolute Gasteiger partial charge is 0.396 e. The number of amides is 1. The third-order valence-corrected chi connectivity index (χ3v) is 4.47. The maximum atomic E-state index is 12.6. The molecule has 0 radical (unpaired) electrons. The van der Waals surface area contributed by atoms with Gasteiger partial charge in [0.05, 0.1) is 12.6 Å². The summed E-state index contributed by atoms with van der Waals surface area (Å²) in [6.45, 7) is 3.12. The molecule has 0 bridgehead atoms. The fourth-order valence-corrected chi connectivity index (χ4v) is 3.21. The smallest absolute Gasteiger partial charge is 0.253 e. The van der Waals surface area contributed by atoms with Crippen LogP contribution in [0.25, 0.3) is 0 Å². The van der Waals surface area contributed by atoms with Gasteiger partial charge in [-0.25, -0.2) is 0 Å². The Balaban J connectivity index is 1.66. The summed E-state index contributed by atoms with van der Waals surface area (Å²) in [6, 6.07) is 8.02. The van der Waals surface area contributed by atoms with Crippen molar-refractivity contribution in [2.75, 3.05) is 38.2 Å². The molecule has 2 aliphatic heterocycles. The monoisotopic (exact) mass is 304 g/mol. The molecule has 2 fully saturated rings. The minimum Gasteiger partial charge on any atom is -0.396 e. The number of nitrogens with one attached hydrogen (secondary N) is 1. The highest BCUT2D eigenvalue weighted by Crippen LogP contribution is 2.20. The fourth-order valence-electron chi connectivity index (χ4n) is 3.21. The standard InChI is InChI=1S/C17H24N2O3/c20-11-13-3-2-7-19(10-13)17(21)14-4-1-5-15(9-14)18-16-6-8-22-12-16/h1,4-5,9,13,16,18,20H,2-3,6-8,10-12H2. The number of hydrogen-bond acceptors (Lipinski definition) is 4. The molecule has 1 amide bonds. The first-order valence-electron chi connectivity index (χ1n) is 8.11. The van der Waals surface area contributed by atoms with Gasteiger partial charge in [-0.2, -0.15) is 0 Å². The number of carbonyl (C=O) groups excluding carboxylic acids is 1. The van der Waals surface area contributed by atoms with Crippen LogP contribution in [0.15, 0.2) is 24.3 Å². The highest BCUT2D eigenvalue weighted by Gasteiger charge is 2.24. The zero-order chi connectivity index (χ0) is 15.4. The molecule has 1 aromatic rings. The van der Waals surface area contributed by atoms with Gasteiger partial charge in [0.25, 0.3) is 5.91 Å². The number of benzene rings is 1. The zero-order valence-corrected chi connectivity index (χ0v) is 12.8. The van der Waals surface area contributed by atoms with Crippen molar-refractivity contribution in [3.63, 3.8) is 0 Å². The van der Waals surface area contributed by atoms with E-state index in [4.69, 9.17) is 4.74 Å². The summed E-state index contributed by atoms with van der Waals surface area (Å²) in [5, 5.41) is 12.7. The van der Waals surface area contributed by atoms with E-state index < -0.39 is 0 Å². The van der Waals surface area contributed by atoms with Crippen molar-refractivity contribution in [1.29, 1.82) is 0 Å². The van der Waals surface area contributed by atoms with Crippen LogP contribution < -0.4 is 5.32 Å². The van der Waals surface area contributed by atoms with Crippen molar-refractivity contribution in [2.45, 2.75) is 25.3 Å². The van der Waals surface area contributed by atoms with E-state index in [9.17, 15) is 9.90 Å². The van der Waals surface area contributed by atoms with Crippen LogP contribution in [0.2, 0.25) is 0 Å². The summed E-state index contributed by atoms with van der Waals surface area (Å²) >= 11 is 0. The molecule has 2 unspecified atom stereocenters. The Labute approximate surface area is 131 Å². The first-order chi connectivity index (χ1) is 10.8. The van der Waals surface area contributed by atoms with Gasteiger partial charge in [0.15, 0.2) is 0 Å². The second-order valence-corrected chi connectivity index (χ2v) is 6.23. The van der Waals surface area contributed by atoms with E-state index in [0.29, 0.717) is 18.2 Å². The lowest BCUT2D eigenvalue weighted by molar-refractivity contribution is 0.0621. The maximum Gasteiger partial charge on any atom is 0.253 e. The quantitative estimate of drug-likeness (QED) is 0.889. The molecule has 1 aromatic carbocycles. The molecule has 2 heterocycles. The number of ether oxygens (including phenoxy) is 1. The third-order valence-electron chi connectivity index (χ3n) is 4.47. The van der Waals surface area contributed by atoms with Crippen molar-refractivity contribution in [2.24, 2.45) is 5.92 Å². The van der Waals surface area contributed by atoms with E-state index in [1.165, 1.54) is 0 Å². The molecule has 3 rings (SSSR count). The highest BCUT2D eigenvalue weighted by atomic mass is 16.5. The minimum absolute atomic E-state index is 0.0597. The van der Waals surface area contributed by atoms with Gasteiger partial charge in [0, 0.05) is 37.6 Å². The molecule has 2 aliphatic rings. The number of carbonyl (C=O) groups is 1. The lowest BCUT2D eigenvalue weighted by atomic mass is 9.98. The van der Waals surface area contributed by atoms with Crippen LogP contribution in [0.3, 0.4) is 0 Å². The van der Waals surface area contributed by atoms with E-state index in [2.05, 4.69) is 5.32 Å². The van der Waals surface area contributed by atoms with Crippen molar-refractivity contribution >= 4 is 11.6 Å². The van der Waals surface area contributed by atoms with Gasteiger partial charge in [0.1, 0.15) is 0 Å². The van der Waals surface area contributed by atoms with Gasteiger partial charge < -0.3 is 20.1 Å². The predicted octanol–water partition coefficient (Wildman–Crippen LogP) is 1.73. The molecule has 0 aromatic heterocycles. The average Bonchev–Trinajstić information content (AvgIpc) is 3.07. The second-order valence-electron chi connectivity index (χ2n) is 6.23. The van der Waals surface area contributed by atoms with E-state index >= 15 is 0 Å². The molecule has 22 heavy (non-hydrogen) atoms. The Kier molecular flexibility index (Phi) is 4.95. The Bertz CT molecular complexity index is 514. The Morgan fingerprint density at radius 1 is 1.41 bits per heavy atom. The molecule has 2 N–H and O–H groups in total. The van der Waals surface area contributed by atoms with Crippen LogP contribution in [0.4, 0.5) is 5.69 Å². The summed E-state index contributed by atoms with van der Waals surface area (Å²) in [6.07, 6.45) is 2.97. The number of likely N-dealkylation sites (tertiary alicyclic amines) is 1. The first kappa shape index (κ1) is 15.3. The molecule has 2 saturated heterocycles. The Morgan fingerprint density at radius 2 is 2.32 bits per heavy atom. The van der Waals surface area contributed by atoms with Crippen LogP contribution in [0, 0.1) is 5.92 Å². The van der Waals surface area contributed by atoms with Crippen LogP contribution in [0.1, 0.15) is 29.6 Å². The van der Waals surface area contributed by atoms with Crippen LogP contribution in [0.5, 0.6) is 0 Å². The molecule has 5 heteroatoms. The second kappa shape index (κ2) is 7.11. The molecule has 0 aliphatic carbocycles. The van der Waals surface area contributed by atoms with Crippen molar-refractivity contribution in [3.05, 3.63) is 29.8 Å². The molecule has 0 saturated carbocycles. The number of hydrogen-bond donors (Lipinski definition) is 2. The minimum atomic E-state index is 0.0597. The summed E-state index contributed by atoms with van der Waals surface area (Å²) in [5.74, 6) is 0.277. The molecule has 2 atom stereocenters. The summed E-state index contributed by atoms with van der Waals surface area (Å²) in [4.78, 5) is 14.5. The number of anilines is 1. The first-order valence-corrected chi connectivity index (χ1v) is 8.11. The topological polar surface area (TPSA) is 61.8 Å². The van der Waals surface area contributed by atoms with Crippen molar-refractivity contribution < 1.29 is 14.6 Å². The molecular weight excluding hydrogens is 280 g/mol. The number of rotatable bonds is 4. The van der Waals surface area contributed by atoms with Crippen LogP contribution >= 0.6 is 0 Å². The molecular formula is C17H24N2O3. The lowest BCUT2D eigenvalue weighted by Gasteiger charge is -2.32. The average molecular weight is 304 g/mol. The molecule has 120 valence electrons. The Morgan fingerprint density at radius 3 is 3.09 bits per heavy atom. The van der Waals surface area contributed by atoms with Gasteiger partial charge >= 0.3 is 0 Å². The van der Waals surface area contributed by atoms with Crippen molar-refractivity contribution in [3.8, 4) is 0 Å². The third kappa shape index (κ3) is 3.59. The molecule has 5 nitrogen and oxygen atoms in total. The van der Waals surface area contributed by atoms with Gasteiger partial charge in [-0.1, -0.05) is 6.07 Å². The van der Waals surface area contributed by atoms with Crippen LogP contribution in [-0.4, -0.2) is 54.9 Å². The summed E-state index contributed by atoms with van der Waals surface area (Å²) in [5.41, 5.74) is 1.68. The molecule has 0 spiro atoms. The van der Waals surface area contributed by atoms with Crippen LogP contribution in [-0.2, 0) is 4.74 Å². The highest BCUT2D eigenvalue weighted by molar-refractivity contribution is 5.95. The predicted molar refractivity (Wildman–Crippen MR) is 85.0 cm³/mol. The number of aliphatic hydroxyl groups is 1. The van der Waals surface area contributed by atoms with Gasteiger partial charge in [-0.05, 0) is 43.4 Å². The summed E-state index contributed by atoms with van der Waals surface area (Å²) < 4.78 is 5.36. The van der Waals surface area contributed by atoms with Gasteiger partial charge in [0.2, 0.25) is 0 Å². The van der Waals surface area contributed by atoms with Crippen molar-refractivity contribution in [1.82, 2.24) is 4.90 Å². The Hall–Kier alpha value is -1.59. The zero-order valence-electron chi connectivity index (χ0n) is 12.8. The van der Waals surface area contributed by atoms with E-state index in [1.807, 2.05) is 29.2 Å². The maximum absolute atomic E-state index is 12.6. The fraction of sp³-hybridized carbons (Fsp3) is 0.588. The van der Waals surface area contributed by atoms with E-state index in [1.54, 1.807) is 0 Å². The van der Waals surface area contributed by atoms with E-state index in [0.717, 1.165) is 44.7 Å². The lowest BCUT2D eigenvalue weighted by Crippen LogP contribution is -2.40. The normalized spacial score (nSPS) is 25.2. The SMILES string of the molecule is O=C(c1cccc(NC2CCOC2)c1)N1CCCC(CO)C1. The van der Waals surface area contributed by atoms with Gasteiger partial charge in [-0.3, -0.25) is 4.79 Å². The number of nitrogens with zero attached hydrogens (tertiary/aromatic N) is 1. The number of aliphatic hydroxyl groups excluding tert-OH is 1. The van der Waals surface area contributed by atoms with E-state index in [-0.39, 0.29) is 18.4 Å².